The van der Waals surface area contributed by atoms with Gasteiger partial charge in [0.15, 0.2) is 0 Å². The lowest BCUT2D eigenvalue weighted by Gasteiger charge is -2.39. The van der Waals surface area contributed by atoms with Crippen molar-refractivity contribution in [2.24, 2.45) is 5.92 Å². The van der Waals surface area contributed by atoms with Crippen LogP contribution in [0.3, 0.4) is 0 Å². The van der Waals surface area contributed by atoms with Gasteiger partial charge in [-0.1, -0.05) is 6.07 Å². The van der Waals surface area contributed by atoms with Crippen LogP contribution in [0.4, 0.5) is 19.0 Å². The van der Waals surface area contributed by atoms with E-state index >= 15 is 0 Å². The lowest BCUT2D eigenvalue weighted by atomic mass is 9.92. The van der Waals surface area contributed by atoms with Gasteiger partial charge < -0.3 is 4.90 Å². The molecule has 2 atom stereocenters. The van der Waals surface area contributed by atoms with E-state index < -0.39 is 11.7 Å². The third-order valence-electron chi connectivity index (χ3n) is 5.69. The number of anilines is 1. The zero-order chi connectivity index (χ0) is 19.0. The van der Waals surface area contributed by atoms with E-state index in [1.165, 1.54) is 12.3 Å². The highest BCUT2D eigenvalue weighted by atomic mass is 19.4. The second-order valence-electron chi connectivity index (χ2n) is 7.49. The molecule has 0 radical (unpaired) electrons. The van der Waals surface area contributed by atoms with Gasteiger partial charge in [0.2, 0.25) is 0 Å². The minimum atomic E-state index is -4.34. The van der Waals surface area contributed by atoms with Crippen LogP contribution in [0.2, 0.25) is 0 Å². The summed E-state index contributed by atoms with van der Waals surface area (Å²) in [7, 11) is 0. The number of piperidine rings is 1. The third kappa shape index (κ3) is 3.93. The van der Waals surface area contributed by atoms with E-state index in [0.29, 0.717) is 24.3 Å². The van der Waals surface area contributed by atoms with Crippen molar-refractivity contribution in [2.75, 3.05) is 24.5 Å². The number of pyridine rings is 2. The number of halogens is 3. The van der Waals surface area contributed by atoms with E-state index in [-0.39, 0.29) is 0 Å². The molecule has 0 bridgehead atoms. The number of alkyl halides is 3. The number of hydrogen-bond donors (Lipinski definition) is 0. The van der Waals surface area contributed by atoms with Crippen molar-refractivity contribution < 1.29 is 13.2 Å². The van der Waals surface area contributed by atoms with Crippen LogP contribution in [0.5, 0.6) is 0 Å². The first-order chi connectivity index (χ1) is 12.9. The Kier molecular flexibility index (Phi) is 4.80. The molecular formula is C20H23F3N4. The fourth-order valence-electron chi connectivity index (χ4n) is 4.30. The van der Waals surface area contributed by atoms with Crippen molar-refractivity contribution in [1.82, 2.24) is 14.9 Å². The summed E-state index contributed by atoms with van der Waals surface area (Å²) < 4.78 is 39.1. The number of aromatic nitrogens is 2. The highest BCUT2D eigenvalue weighted by Crippen LogP contribution is 2.35. The molecule has 0 N–H and O–H groups in total. The van der Waals surface area contributed by atoms with Crippen LogP contribution in [0.15, 0.2) is 36.5 Å². The van der Waals surface area contributed by atoms with Gasteiger partial charge in [-0.25, -0.2) is 4.98 Å². The molecule has 2 saturated heterocycles. The summed E-state index contributed by atoms with van der Waals surface area (Å²) in [6.07, 6.45) is -0.958. The summed E-state index contributed by atoms with van der Waals surface area (Å²) in [6.45, 7) is 5.25. The van der Waals surface area contributed by atoms with Gasteiger partial charge in [0.1, 0.15) is 5.82 Å². The molecule has 4 nitrogen and oxygen atoms in total. The summed E-state index contributed by atoms with van der Waals surface area (Å²) >= 11 is 0. The van der Waals surface area contributed by atoms with Crippen LogP contribution in [0.25, 0.3) is 0 Å². The van der Waals surface area contributed by atoms with E-state index in [0.717, 1.165) is 49.9 Å². The van der Waals surface area contributed by atoms with Crippen molar-refractivity contribution in [3.8, 4) is 0 Å². The Bertz CT molecular complexity index is 808. The summed E-state index contributed by atoms with van der Waals surface area (Å²) in [5.74, 6) is 1.01. The van der Waals surface area contributed by atoms with Gasteiger partial charge in [0.25, 0.3) is 0 Å². The minimum absolute atomic E-state index is 0.331. The molecule has 0 spiro atoms. The predicted molar refractivity (Wildman–Crippen MR) is 97.3 cm³/mol. The van der Waals surface area contributed by atoms with E-state index in [9.17, 15) is 13.2 Å². The van der Waals surface area contributed by atoms with Crippen molar-refractivity contribution in [3.63, 3.8) is 0 Å². The van der Waals surface area contributed by atoms with E-state index in [2.05, 4.69) is 14.9 Å². The molecule has 2 aromatic rings. The molecule has 4 rings (SSSR count). The summed E-state index contributed by atoms with van der Waals surface area (Å²) in [4.78, 5) is 13.2. The largest absolute Gasteiger partial charge is 0.416 e. The molecule has 2 aliphatic rings. The van der Waals surface area contributed by atoms with Crippen LogP contribution in [-0.2, 0) is 12.7 Å². The van der Waals surface area contributed by atoms with E-state index in [4.69, 9.17) is 0 Å². The first-order valence-electron chi connectivity index (χ1n) is 9.35. The number of fused-ring (bicyclic) bond motifs is 1. The SMILES string of the molecule is Cc1cccc(CN2CCC3CCN(c4cc(C(F)(F)F)ccn4)CC32)n1. The van der Waals surface area contributed by atoms with Crippen molar-refractivity contribution in [2.45, 2.75) is 38.5 Å². The number of nitrogens with zero attached hydrogens (tertiary/aromatic N) is 4. The van der Waals surface area contributed by atoms with Gasteiger partial charge in [0.05, 0.1) is 11.3 Å². The molecule has 4 heterocycles. The highest BCUT2D eigenvalue weighted by Gasteiger charge is 2.39. The molecule has 0 aliphatic carbocycles. The van der Waals surface area contributed by atoms with Crippen molar-refractivity contribution in [1.29, 1.82) is 0 Å². The maximum atomic E-state index is 13.0. The lowest BCUT2D eigenvalue weighted by molar-refractivity contribution is -0.137. The topological polar surface area (TPSA) is 32.3 Å². The van der Waals surface area contributed by atoms with E-state index in [1.54, 1.807) is 0 Å². The molecule has 144 valence electrons. The minimum Gasteiger partial charge on any atom is -0.355 e. The quantitative estimate of drug-likeness (QED) is 0.813. The maximum absolute atomic E-state index is 13.0. The second-order valence-corrected chi connectivity index (χ2v) is 7.49. The molecule has 2 unspecified atom stereocenters. The van der Waals surface area contributed by atoms with Gasteiger partial charge in [0, 0.05) is 37.6 Å². The molecule has 27 heavy (non-hydrogen) atoms. The Hall–Kier alpha value is -2.15. The van der Waals surface area contributed by atoms with Crippen LogP contribution >= 0.6 is 0 Å². The first kappa shape index (κ1) is 18.2. The van der Waals surface area contributed by atoms with Gasteiger partial charge in [-0.2, -0.15) is 13.2 Å². The molecule has 2 aliphatic heterocycles. The Morgan fingerprint density at radius 2 is 1.96 bits per heavy atom. The van der Waals surface area contributed by atoms with Gasteiger partial charge in [-0.15, -0.1) is 0 Å². The molecule has 2 fully saturated rings. The Morgan fingerprint density at radius 1 is 1.15 bits per heavy atom. The third-order valence-corrected chi connectivity index (χ3v) is 5.69. The highest BCUT2D eigenvalue weighted by molar-refractivity contribution is 5.43. The van der Waals surface area contributed by atoms with Crippen molar-refractivity contribution in [3.05, 3.63) is 53.5 Å². The zero-order valence-corrected chi connectivity index (χ0v) is 15.3. The van der Waals surface area contributed by atoms with Crippen LogP contribution in [0, 0.1) is 12.8 Å². The number of likely N-dealkylation sites (tertiary alicyclic amines) is 1. The second kappa shape index (κ2) is 7.11. The van der Waals surface area contributed by atoms with Crippen LogP contribution in [0.1, 0.15) is 29.8 Å². The monoisotopic (exact) mass is 376 g/mol. The van der Waals surface area contributed by atoms with Crippen LogP contribution < -0.4 is 4.90 Å². The maximum Gasteiger partial charge on any atom is 0.416 e. The molecule has 7 heteroatoms. The Balaban J connectivity index is 1.50. The molecule has 0 aromatic carbocycles. The molecule has 0 saturated carbocycles. The normalized spacial score (nSPS) is 23.5. The van der Waals surface area contributed by atoms with Gasteiger partial charge in [-0.05, 0) is 56.5 Å². The number of hydrogen-bond acceptors (Lipinski definition) is 4. The smallest absolute Gasteiger partial charge is 0.355 e. The fraction of sp³-hybridized carbons (Fsp3) is 0.500. The van der Waals surface area contributed by atoms with Gasteiger partial charge in [-0.3, -0.25) is 9.88 Å². The molecule has 2 aromatic heterocycles. The molecule has 0 amide bonds. The first-order valence-corrected chi connectivity index (χ1v) is 9.35. The summed E-state index contributed by atoms with van der Waals surface area (Å²) in [6, 6.07) is 8.57. The molecular weight excluding hydrogens is 353 g/mol. The summed E-state index contributed by atoms with van der Waals surface area (Å²) in [5, 5.41) is 0. The van der Waals surface area contributed by atoms with Crippen LogP contribution in [-0.4, -0.2) is 40.5 Å². The average molecular weight is 376 g/mol. The standard InChI is InChI=1S/C20H23F3N4/c1-14-3-2-4-17(25-14)12-26-9-6-15-7-10-27(13-18(15)26)19-11-16(5-8-24-19)20(21,22)23/h2-5,8,11,15,18H,6-7,9-10,12-13H2,1H3. The van der Waals surface area contributed by atoms with E-state index in [1.807, 2.05) is 30.0 Å². The number of aryl methyl sites for hydroxylation is 1. The Labute approximate surface area is 157 Å². The lowest BCUT2D eigenvalue weighted by Crippen LogP contribution is -2.48. The van der Waals surface area contributed by atoms with Crippen molar-refractivity contribution >= 4 is 5.82 Å². The zero-order valence-electron chi connectivity index (χ0n) is 15.3. The average Bonchev–Trinajstić information content (AvgIpc) is 3.03. The fourth-order valence-corrected chi connectivity index (χ4v) is 4.30. The predicted octanol–water partition coefficient (Wildman–Crippen LogP) is 3.90. The summed E-state index contributed by atoms with van der Waals surface area (Å²) in [5.41, 5.74) is 1.41. The number of rotatable bonds is 3. The van der Waals surface area contributed by atoms with Gasteiger partial charge >= 0.3 is 6.18 Å². The Morgan fingerprint density at radius 3 is 2.74 bits per heavy atom.